The molecule has 4 aromatic carbocycles. The van der Waals surface area contributed by atoms with E-state index in [4.69, 9.17) is 13.3 Å². The van der Waals surface area contributed by atoms with E-state index in [1.165, 1.54) is 5.19 Å². The molecule has 0 aliphatic rings. The van der Waals surface area contributed by atoms with Gasteiger partial charge in [0.15, 0.2) is 0 Å². The molecule has 0 aliphatic heterocycles. The van der Waals surface area contributed by atoms with Crippen molar-refractivity contribution in [3.63, 3.8) is 0 Å². The SMILES string of the molecule is C[Si](CCC[SiH](Oc1ccccc1)Oc1ccccc1)(Oc1ccccc1)c1ccccc1. The Hall–Kier alpha value is -3.29. The van der Waals surface area contributed by atoms with Crippen LogP contribution in [0.1, 0.15) is 6.42 Å². The fourth-order valence-corrected chi connectivity index (χ4v) is 8.94. The van der Waals surface area contributed by atoms with Crippen LogP contribution >= 0.6 is 0 Å². The first kappa shape index (κ1) is 22.9. The summed E-state index contributed by atoms with van der Waals surface area (Å²) in [7, 11) is -4.19. The molecule has 0 amide bonds. The van der Waals surface area contributed by atoms with Crippen molar-refractivity contribution >= 4 is 22.8 Å². The molecular weight excluding hydrogens is 440 g/mol. The highest BCUT2D eigenvalue weighted by atomic mass is 28.4. The fraction of sp³-hybridized carbons (Fsp3) is 0.143. The normalized spacial score (nSPS) is 12.7. The van der Waals surface area contributed by atoms with Crippen molar-refractivity contribution in [3.05, 3.63) is 121 Å². The molecule has 33 heavy (non-hydrogen) atoms. The van der Waals surface area contributed by atoms with Gasteiger partial charge < -0.3 is 13.3 Å². The zero-order valence-electron chi connectivity index (χ0n) is 19.0. The molecule has 0 bridgehead atoms. The number of para-hydroxylation sites is 3. The Morgan fingerprint density at radius 3 is 1.48 bits per heavy atom. The van der Waals surface area contributed by atoms with Crippen LogP contribution in [0.4, 0.5) is 0 Å². The number of benzene rings is 4. The molecule has 4 aromatic rings. The largest absolute Gasteiger partial charge is 0.539 e. The van der Waals surface area contributed by atoms with Crippen LogP contribution < -0.4 is 18.5 Å². The Bertz CT molecular complexity index is 1040. The standard InChI is InChI=1S/C28H30O3Si2/c1-33(28-21-12-5-13-22-28,31-27-19-10-4-11-20-27)24-14-23-32(29-25-15-6-2-7-16-25)30-26-17-8-3-9-18-26/h2-13,15-22,32H,14,23-24H2,1H3. The summed E-state index contributed by atoms with van der Waals surface area (Å²) in [5.74, 6) is 2.67. The third-order valence-corrected chi connectivity index (χ3v) is 11.1. The van der Waals surface area contributed by atoms with Gasteiger partial charge in [-0.15, -0.1) is 0 Å². The maximum atomic E-state index is 6.68. The lowest BCUT2D eigenvalue weighted by Crippen LogP contribution is -2.50. The highest BCUT2D eigenvalue weighted by Gasteiger charge is 2.34. The third kappa shape index (κ3) is 6.84. The smallest absolute Gasteiger partial charge is 0.444 e. The molecule has 0 fully saturated rings. The van der Waals surface area contributed by atoms with Gasteiger partial charge in [-0.1, -0.05) is 84.9 Å². The molecule has 1 atom stereocenters. The van der Waals surface area contributed by atoms with E-state index in [0.717, 1.165) is 35.8 Å². The van der Waals surface area contributed by atoms with Crippen molar-refractivity contribution < 1.29 is 13.3 Å². The van der Waals surface area contributed by atoms with E-state index < -0.39 is 17.6 Å². The van der Waals surface area contributed by atoms with E-state index in [1.54, 1.807) is 0 Å². The van der Waals surface area contributed by atoms with Crippen molar-refractivity contribution in [2.45, 2.75) is 25.1 Å². The topological polar surface area (TPSA) is 27.7 Å². The van der Waals surface area contributed by atoms with E-state index >= 15 is 0 Å². The first-order chi connectivity index (χ1) is 16.2. The highest BCUT2D eigenvalue weighted by molar-refractivity contribution is 6.86. The highest BCUT2D eigenvalue weighted by Crippen LogP contribution is 2.23. The van der Waals surface area contributed by atoms with Crippen LogP contribution in [0.5, 0.6) is 17.2 Å². The van der Waals surface area contributed by atoms with Crippen molar-refractivity contribution in [1.82, 2.24) is 0 Å². The van der Waals surface area contributed by atoms with Crippen molar-refractivity contribution in [2.75, 3.05) is 0 Å². The Balaban J connectivity index is 1.47. The van der Waals surface area contributed by atoms with Crippen LogP contribution in [0.2, 0.25) is 18.6 Å². The monoisotopic (exact) mass is 470 g/mol. The predicted molar refractivity (Wildman–Crippen MR) is 140 cm³/mol. The van der Waals surface area contributed by atoms with Gasteiger partial charge in [-0.25, -0.2) is 0 Å². The molecule has 3 nitrogen and oxygen atoms in total. The fourth-order valence-electron chi connectivity index (χ4n) is 3.84. The first-order valence-corrected chi connectivity index (χ1v) is 15.8. The van der Waals surface area contributed by atoms with Crippen molar-refractivity contribution in [1.29, 1.82) is 0 Å². The van der Waals surface area contributed by atoms with Crippen LogP contribution in [0.3, 0.4) is 0 Å². The van der Waals surface area contributed by atoms with Gasteiger partial charge in [0, 0.05) is 6.04 Å². The van der Waals surface area contributed by atoms with E-state index in [-0.39, 0.29) is 0 Å². The molecule has 0 N–H and O–H groups in total. The second-order valence-corrected chi connectivity index (χ2v) is 13.8. The lowest BCUT2D eigenvalue weighted by Gasteiger charge is -2.29. The van der Waals surface area contributed by atoms with Gasteiger partial charge in [0.1, 0.15) is 17.2 Å². The quantitative estimate of drug-likeness (QED) is 0.240. The van der Waals surface area contributed by atoms with Crippen LogP contribution in [0, 0.1) is 0 Å². The molecule has 168 valence electrons. The molecule has 0 saturated heterocycles. The molecule has 0 heterocycles. The minimum absolute atomic E-state index is 0.869. The van der Waals surface area contributed by atoms with E-state index in [1.807, 2.05) is 91.0 Å². The molecule has 0 spiro atoms. The Morgan fingerprint density at radius 2 is 1.00 bits per heavy atom. The maximum absolute atomic E-state index is 6.68. The summed E-state index contributed by atoms with van der Waals surface area (Å²) in [5, 5.41) is 1.31. The lowest BCUT2D eigenvalue weighted by molar-refractivity contribution is 0.419. The average Bonchev–Trinajstić information content (AvgIpc) is 2.86. The second kappa shape index (κ2) is 11.5. The summed E-state index contributed by atoms with van der Waals surface area (Å²) >= 11 is 0. The minimum atomic E-state index is -2.21. The molecule has 5 heteroatoms. The van der Waals surface area contributed by atoms with Crippen LogP contribution in [0.25, 0.3) is 0 Å². The molecule has 0 saturated carbocycles. The molecular formula is C28H30O3Si2. The summed E-state index contributed by atoms with van der Waals surface area (Å²) in [6.07, 6.45) is 0.987. The zero-order chi connectivity index (χ0) is 22.8. The summed E-state index contributed by atoms with van der Waals surface area (Å²) in [4.78, 5) is 0. The Morgan fingerprint density at radius 1 is 0.576 bits per heavy atom. The summed E-state index contributed by atoms with van der Waals surface area (Å²) in [6.45, 7) is 2.31. The maximum Gasteiger partial charge on any atom is 0.444 e. The van der Waals surface area contributed by atoms with Crippen LogP contribution in [-0.2, 0) is 0 Å². The van der Waals surface area contributed by atoms with Gasteiger partial charge in [-0.3, -0.25) is 0 Å². The van der Waals surface area contributed by atoms with Crippen molar-refractivity contribution in [2.24, 2.45) is 0 Å². The third-order valence-electron chi connectivity index (χ3n) is 5.59. The zero-order valence-corrected chi connectivity index (χ0v) is 21.1. The van der Waals surface area contributed by atoms with Crippen LogP contribution in [-0.4, -0.2) is 17.6 Å². The van der Waals surface area contributed by atoms with Crippen LogP contribution in [0.15, 0.2) is 121 Å². The van der Waals surface area contributed by atoms with E-state index in [2.05, 4.69) is 36.9 Å². The second-order valence-electron chi connectivity index (χ2n) is 8.20. The van der Waals surface area contributed by atoms with E-state index in [9.17, 15) is 0 Å². The summed E-state index contributed by atoms with van der Waals surface area (Å²) < 4.78 is 19.4. The molecule has 1 unspecified atom stereocenters. The number of hydrogen-bond acceptors (Lipinski definition) is 3. The minimum Gasteiger partial charge on any atom is -0.539 e. The summed E-state index contributed by atoms with van der Waals surface area (Å²) in [6, 6.07) is 42.7. The molecule has 0 aliphatic carbocycles. The van der Waals surface area contributed by atoms with Gasteiger partial charge in [0.25, 0.3) is 8.32 Å². The van der Waals surface area contributed by atoms with Gasteiger partial charge in [-0.2, -0.15) is 0 Å². The van der Waals surface area contributed by atoms with Gasteiger partial charge in [0.05, 0.1) is 0 Å². The summed E-state index contributed by atoms with van der Waals surface area (Å²) in [5.41, 5.74) is 0. The predicted octanol–water partition coefficient (Wildman–Crippen LogP) is 6.32. The Labute approximate surface area is 199 Å². The van der Waals surface area contributed by atoms with Gasteiger partial charge >= 0.3 is 9.28 Å². The average molecular weight is 471 g/mol. The number of rotatable bonds is 11. The number of hydrogen-bond donors (Lipinski definition) is 0. The first-order valence-electron chi connectivity index (χ1n) is 11.4. The van der Waals surface area contributed by atoms with Crippen molar-refractivity contribution in [3.8, 4) is 17.2 Å². The molecule has 0 aromatic heterocycles. The molecule has 4 rings (SSSR count). The van der Waals surface area contributed by atoms with Gasteiger partial charge in [0.2, 0.25) is 0 Å². The van der Waals surface area contributed by atoms with E-state index in [0.29, 0.717) is 0 Å². The molecule has 0 radical (unpaired) electrons. The Kier molecular flexibility index (Phi) is 8.01. The lowest BCUT2D eigenvalue weighted by atomic mass is 10.3. The van der Waals surface area contributed by atoms with Gasteiger partial charge in [-0.05, 0) is 60.6 Å².